The highest BCUT2D eigenvalue weighted by atomic mass is 16.6. The van der Waals surface area contributed by atoms with E-state index < -0.39 is 0 Å². The number of carbonyl (C=O) groups is 1. The van der Waals surface area contributed by atoms with Gasteiger partial charge in [-0.25, -0.2) is 0 Å². The van der Waals surface area contributed by atoms with Gasteiger partial charge in [0.25, 0.3) is 0 Å². The Morgan fingerprint density at radius 1 is 1.03 bits per heavy atom. The maximum Gasteiger partial charge on any atom is 0.217 e. The standard InChI is InChI=1S/C18H19NO2.C10H14N2O2/c1-2-15-11-13(3-5-16(15)19-7-1)10-14-4-6-17-18(12-14)21-9-8-20-17;1-6-4-7(13)5-9(11)8(6)2-3-10(12)14/h3-6,11-12,19H,1-2,7-10H2;4-5,13H,2-3,11H2,1H3,(H2,12,14). The summed E-state index contributed by atoms with van der Waals surface area (Å²) in [6.45, 7) is 4.21. The van der Waals surface area contributed by atoms with Gasteiger partial charge in [0.05, 0.1) is 0 Å². The number of aryl methyl sites for hydroxylation is 2. The Labute approximate surface area is 206 Å². The van der Waals surface area contributed by atoms with Crippen LogP contribution in [-0.4, -0.2) is 30.8 Å². The van der Waals surface area contributed by atoms with Gasteiger partial charge in [-0.2, -0.15) is 0 Å². The highest BCUT2D eigenvalue weighted by Gasteiger charge is 2.13. The molecule has 0 saturated heterocycles. The van der Waals surface area contributed by atoms with Gasteiger partial charge in [-0.05, 0) is 84.7 Å². The van der Waals surface area contributed by atoms with Crippen molar-refractivity contribution in [2.75, 3.05) is 30.8 Å². The highest BCUT2D eigenvalue weighted by Crippen LogP contribution is 2.32. The zero-order chi connectivity index (χ0) is 24.8. The summed E-state index contributed by atoms with van der Waals surface area (Å²) in [5.74, 6) is 1.53. The Bertz CT molecular complexity index is 1130. The van der Waals surface area contributed by atoms with Crippen molar-refractivity contribution in [1.29, 1.82) is 0 Å². The van der Waals surface area contributed by atoms with Crippen molar-refractivity contribution < 1.29 is 19.4 Å². The van der Waals surface area contributed by atoms with Gasteiger partial charge in [0.2, 0.25) is 5.91 Å². The first kappa shape index (κ1) is 24.3. The second-order valence-corrected chi connectivity index (χ2v) is 8.97. The van der Waals surface area contributed by atoms with Crippen molar-refractivity contribution in [3.63, 3.8) is 0 Å². The first-order chi connectivity index (χ1) is 16.9. The number of carbonyl (C=O) groups excluding carboxylic acids is 1. The molecule has 0 aliphatic carbocycles. The number of amides is 1. The van der Waals surface area contributed by atoms with Crippen LogP contribution in [0.5, 0.6) is 17.2 Å². The van der Waals surface area contributed by atoms with Gasteiger partial charge in [0, 0.05) is 30.4 Å². The molecule has 2 aliphatic rings. The van der Waals surface area contributed by atoms with E-state index in [2.05, 4.69) is 35.6 Å². The average molecular weight is 476 g/mol. The number of nitrogens with two attached hydrogens (primary N) is 2. The van der Waals surface area contributed by atoms with Crippen molar-refractivity contribution in [3.05, 3.63) is 76.3 Å². The van der Waals surface area contributed by atoms with Crippen molar-refractivity contribution in [2.45, 2.75) is 39.0 Å². The third kappa shape index (κ3) is 6.38. The number of fused-ring (bicyclic) bond motifs is 2. The van der Waals surface area contributed by atoms with Crippen LogP contribution in [0.4, 0.5) is 11.4 Å². The number of ether oxygens (including phenoxy) is 2. The number of hydrogen-bond donors (Lipinski definition) is 4. The molecule has 0 bridgehead atoms. The molecule has 184 valence electrons. The number of phenolic OH excluding ortho intramolecular Hbond substituents is 1. The van der Waals surface area contributed by atoms with Gasteiger partial charge in [-0.15, -0.1) is 0 Å². The smallest absolute Gasteiger partial charge is 0.217 e. The Morgan fingerprint density at radius 3 is 2.54 bits per heavy atom. The fourth-order valence-corrected chi connectivity index (χ4v) is 4.49. The molecule has 7 nitrogen and oxygen atoms in total. The topological polar surface area (TPSA) is 120 Å². The van der Waals surface area contributed by atoms with Crippen molar-refractivity contribution in [3.8, 4) is 17.2 Å². The fraction of sp³-hybridized carbons (Fsp3) is 0.321. The predicted octanol–water partition coefficient (Wildman–Crippen LogP) is 4.11. The zero-order valence-corrected chi connectivity index (χ0v) is 20.1. The molecule has 0 radical (unpaired) electrons. The summed E-state index contributed by atoms with van der Waals surface area (Å²) in [6, 6.07) is 16.1. The minimum absolute atomic E-state index is 0.142. The molecule has 3 aromatic rings. The molecular formula is C28H33N3O4. The van der Waals surface area contributed by atoms with Crippen LogP contribution in [0.25, 0.3) is 0 Å². The average Bonchev–Trinajstić information content (AvgIpc) is 2.83. The Balaban J connectivity index is 0.000000181. The van der Waals surface area contributed by atoms with E-state index in [1.54, 1.807) is 6.07 Å². The fourth-order valence-electron chi connectivity index (χ4n) is 4.49. The lowest BCUT2D eigenvalue weighted by Crippen LogP contribution is -2.15. The maximum atomic E-state index is 10.6. The minimum Gasteiger partial charge on any atom is -0.508 e. The van der Waals surface area contributed by atoms with E-state index in [1.165, 1.54) is 41.3 Å². The number of nitrogen functional groups attached to an aromatic ring is 1. The van der Waals surface area contributed by atoms with Crippen LogP contribution in [0.1, 0.15) is 40.7 Å². The van der Waals surface area contributed by atoms with Crippen LogP contribution in [0.15, 0.2) is 48.5 Å². The van der Waals surface area contributed by atoms with Gasteiger partial charge in [-0.3, -0.25) is 4.79 Å². The largest absolute Gasteiger partial charge is 0.508 e. The van der Waals surface area contributed by atoms with Gasteiger partial charge in [-0.1, -0.05) is 18.2 Å². The van der Waals surface area contributed by atoms with Gasteiger partial charge in [0.1, 0.15) is 19.0 Å². The molecule has 0 spiro atoms. The summed E-state index contributed by atoms with van der Waals surface area (Å²) < 4.78 is 11.2. The molecule has 6 N–H and O–H groups in total. The maximum absolute atomic E-state index is 10.6. The number of phenols is 1. The van der Waals surface area contributed by atoms with Crippen LogP contribution < -0.4 is 26.3 Å². The first-order valence-corrected chi connectivity index (χ1v) is 12.0. The van der Waals surface area contributed by atoms with Gasteiger partial charge >= 0.3 is 0 Å². The van der Waals surface area contributed by atoms with E-state index in [0.717, 1.165) is 35.6 Å². The summed E-state index contributed by atoms with van der Waals surface area (Å²) in [5, 5.41) is 12.7. The van der Waals surface area contributed by atoms with Crippen LogP contribution in [0.2, 0.25) is 0 Å². The lowest BCUT2D eigenvalue weighted by atomic mass is 9.97. The third-order valence-corrected chi connectivity index (χ3v) is 6.24. The lowest BCUT2D eigenvalue weighted by molar-refractivity contribution is -0.117. The van der Waals surface area contributed by atoms with E-state index in [0.29, 0.717) is 25.3 Å². The molecule has 2 aliphatic heterocycles. The minimum atomic E-state index is -0.350. The molecular weight excluding hydrogens is 442 g/mol. The second kappa shape index (κ2) is 11.0. The third-order valence-electron chi connectivity index (χ3n) is 6.24. The van der Waals surface area contributed by atoms with Crippen molar-refractivity contribution in [2.24, 2.45) is 5.73 Å². The monoisotopic (exact) mass is 475 g/mol. The van der Waals surface area contributed by atoms with Crippen LogP contribution in [0, 0.1) is 6.92 Å². The number of hydrogen-bond acceptors (Lipinski definition) is 6. The summed E-state index contributed by atoms with van der Waals surface area (Å²) in [6.07, 6.45) is 4.13. The lowest BCUT2D eigenvalue weighted by Gasteiger charge is -2.20. The normalized spacial score (nSPS) is 13.6. The SMILES string of the molecule is Cc1cc(O)cc(N)c1CCC(N)=O.c1cc2c(cc1Cc1ccc3c(c1)OCCO3)CCCN2. The van der Waals surface area contributed by atoms with Crippen molar-refractivity contribution >= 4 is 17.3 Å². The molecule has 5 rings (SSSR count). The first-order valence-electron chi connectivity index (χ1n) is 12.0. The molecule has 2 heterocycles. The predicted molar refractivity (Wildman–Crippen MR) is 138 cm³/mol. The summed E-state index contributed by atoms with van der Waals surface area (Å²) >= 11 is 0. The number of aromatic hydroxyl groups is 1. The molecule has 0 atom stereocenters. The number of rotatable bonds is 5. The zero-order valence-electron chi connectivity index (χ0n) is 20.1. The van der Waals surface area contributed by atoms with E-state index in [9.17, 15) is 9.90 Å². The van der Waals surface area contributed by atoms with Crippen LogP contribution in [0.3, 0.4) is 0 Å². The van der Waals surface area contributed by atoms with E-state index in [-0.39, 0.29) is 18.1 Å². The molecule has 0 fully saturated rings. The molecule has 3 aromatic carbocycles. The summed E-state index contributed by atoms with van der Waals surface area (Å²) in [5.41, 5.74) is 18.4. The Morgan fingerprint density at radius 2 is 1.77 bits per heavy atom. The molecule has 0 unspecified atom stereocenters. The number of primary amides is 1. The van der Waals surface area contributed by atoms with Crippen LogP contribution >= 0.6 is 0 Å². The second-order valence-electron chi connectivity index (χ2n) is 8.97. The van der Waals surface area contributed by atoms with Gasteiger partial charge < -0.3 is 31.4 Å². The molecule has 0 aromatic heterocycles. The van der Waals surface area contributed by atoms with E-state index >= 15 is 0 Å². The number of anilines is 2. The van der Waals surface area contributed by atoms with Crippen LogP contribution in [-0.2, 0) is 24.1 Å². The number of nitrogens with one attached hydrogen (secondary N) is 1. The molecule has 7 heteroatoms. The molecule has 1 amide bonds. The van der Waals surface area contributed by atoms with Crippen molar-refractivity contribution in [1.82, 2.24) is 0 Å². The van der Waals surface area contributed by atoms with E-state index in [4.69, 9.17) is 20.9 Å². The quantitative estimate of drug-likeness (QED) is 0.412. The van der Waals surface area contributed by atoms with Gasteiger partial charge in [0.15, 0.2) is 11.5 Å². The summed E-state index contributed by atoms with van der Waals surface area (Å²) in [4.78, 5) is 10.6. The Kier molecular flexibility index (Phi) is 7.65. The number of benzene rings is 3. The highest BCUT2D eigenvalue weighted by molar-refractivity contribution is 5.74. The Hall–Kier alpha value is -3.87. The summed E-state index contributed by atoms with van der Waals surface area (Å²) in [7, 11) is 0. The molecule has 35 heavy (non-hydrogen) atoms. The van der Waals surface area contributed by atoms with E-state index in [1.807, 2.05) is 13.0 Å². The molecule has 0 saturated carbocycles.